The molecule has 1 saturated carbocycles. The van der Waals surface area contributed by atoms with Gasteiger partial charge in [-0.25, -0.2) is 4.79 Å². The lowest BCUT2D eigenvalue weighted by atomic mass is 9.77. The van der Waals surface area contributed by atoms with Crippen molar-refractivity contribution < 1.29 is 22.2 Å². The largest absolute Gasteiger partial charge is 0.323 e. The fourth-order valence-corrected chi connectivity index (χ4v) is 4.15. The molecule has 8 heteroatoms. The van der Waals surface area contributed by atoms with Crippen LogP contribution in [0.2, 0.25) is 0 Å². The van der Waals surface area contributed by atoms with E-state index in [1.54, 1.807) is 12.1 Å². The van der Waals surface area contributed by atoms with E-state index in [0.717, 1.165) is 5.56 Å². The molecule has 0 bridgehead atoms. The van der Waals surface area contributed by atoms with Gasteiger partial charge < -0.3 is 5.32 Å². The zero-order valence-electron chi connectivity index (χ0n) is 13.4. The van der Waals surface area contributed by atoms with Crippen molar-refractivity contribution in [3.63, 3.8) is 0 Å². The maximum atomic E-state index is 12.2. The van der Waals surface area contributed by atoms with Crippen LogP contribution in [-0.2, 0) is 19.1 Å². The number of aryl methyl sites for hydroxylation is 1. The number of carbonyl (C=O) groups excluding carboxylic acids is 2. The molecule has 1 aromatic carbocycles. The minimum absolute atomic E-state index is 0.0427. The number of imide groups is 1. The summed E-state index contributed by atoms with van der Waals surface area (Å²) in [4.78, 5) is 23.3. The zero-order chi connectivity index (χ0) is 17.4. The molecule has 0 atom stereocenters. The summed E-state index contributed by atoms with van der Waals surface area (Å²) in [5.41, 5.74) is 0.145. The molecule has 24 heavy (non-hydrogen) atoms. The molecule has 1 aliphatic heterocycles. The van der Waals surface area contributed by atoms with Gasteiger partial charge in [0.1, 0.15) is 5.54 Å². The molecule has 1 aliphatic carbocycles. The molecule has 3 rings (SSSR count). The Bertz CT molecular complexity index is 749. The Kier molecular flexibility index (Phi) is 4.35. The van der Waals surface area contributed by atoms with E-state index in [-0.39, 0.29) is 23.3 Å². The lowest BCUT2D eigenvalue weighted by Gasteiger charge is -2.34. The van der Waals surface area contributed by atoms with Crippen LogP contribution in [0.3, 0.4) is 0 Å². The second-order valence-corrected chi connectivity index (χ2v) is 8.10. The van der Waals surface area contributed by atoms with Gasteiger partial charge in [0, 0.05) is 0 Å². The third kappa shape index (κ3) is 3.29. The summed E-state index contributed by atoms with van der Waals surface area (Å²) >= 11 is 0. The third-order valence-corrected chi connectivity index (χ3v) is 6.04. The summed E-state index contributed by atoms with van der Waals surface area (Å²) in [7, 11) is -3.77. The summed E-state index contributed by atoms with van der Waals surface area (Å²) in [6, 6.07) is 6.04. The highest BCUT2D eigenvalue weighted by Crippen LogP contribution is 2.34. The van der Waals surface area contributed by atoms with Gasteiger partial charge in [0.2, 0.25) is 0 Å². The average molecular weight is 352 g/mol. The summed E-state index contributed by atoms with van der Waals surface area (Å²) in [5, 5.41) is 4.94. The van der Waals surface area contributed by atoms with E-state index in [4.69, 9.17) is 4.18 Å². The first-order valence-corrected chi connectivity index (χ1v) is 9.31. The predicted molar refractivity (Wildman–Crippen MR) is 85.7 cm³/mol. The van der Waals surface area contributed by atoms with Crippen LogP contribution in [0.5, 0.6) is 0 Å². The van der Waals surface area contributed by atoms with Gasteiger partial charge in [-0.3, -0.25) is 14.3 Å². The molecule has 0 radical (unpaired) electrons. The number of carbonyl (C=O) groups is 2. The Hall–Kier alpha value is -1.93. The van der Waals surface area contributed by atoms with Crippen molar-refractivity contribution in [2.75, 3.05) is 6.61 Å². The Balaban J connectivity index is 1.56. The predicted octanol–water partition coefficient (Wildman–Crippen LogP) is 1.47. The van der Waals surface area contributed by atoms with Gasteiger partial charge >= 0.3 is 6.03 Å². The molecule has 2 fully saturated rings. The van der Waals surface area contributed by atoms with Crippen LogP contribution < -0.4 is 10.6 Å². The van der Waals surface area contributed by atoms with E-state index in [2.05, 4.69) is 10.6 Å². The van der Waals surface area contributed by atoms with Crippen LogP contribution in [-0.4, -0.2) is 32.5 Å². The highest BCUT2D eigenvalue weighted by Gasteiger charge is 2.48. The van der Waals surface area contributed by atoms with Crippen LogP contribution in [0.25, 0.3) is 0 Å². The molecule has 130 valence electrons. The molecule has 2 aliphatic rings. The number of amides is 3. The van der Waals surface area contributed by atoms with E-state index in [1.807, 2.05) is 6.92 Å². The maximum absolute atomic E-state index is 12.2. The summed E-state index contributed by atoms with van der Waals surface area (Å²) in [6.07, 6.45) is 2.22. The summed E-state index contributed by atoms with van der Waals surface area (Å²) in [6.45, 7) is 1.97. The number of benzene rings is 1. The minimum Gasteiger partial charge on any atom is -0.323 e. The van der Waals surface area contributed by atoms with Crippen molar-refractivity contribution in [2.24, 2.45) is 5.92 Å². The van der Waals surface area contributed by atoms with Gasteiger partial charge in [-0.2, -0.15) is 8.42 Å². The quantitative estimate of drug-likeness (QED) is 0.631. The molecule has 1 aromatic rings. The minimum atomic E-state index is -3.77. The van der Waals surface area contributed by atoms with Crippen molar-refractivity contribution in [3.8, 4) is 0 Å². The van der Waals surface area contributed by atoms with E-state index >= 15 is 0 Å². The van der Waals surface area contributed by atoms with E-state index in [1.165, 1.54) is 12.1 Å². The first-order valence-electron chi connectivity index (χ1n) is 7.90. The molecule has 0 aromatic heterocycles. The first kappa shape index (κ1) is 16.9. The van der Waals surface area contributed by atoms with Gasteiger partial charge in [-0.1, -0.05) is 17.7 Å². The van der Waals surface area contributed by atoms with E-state index in [0.29, 0.717) is 25.7 Å². The van der Waals surface area contributed by atoms with Crippen LogP contribution in [0, 0.1) is 12.8 Å². The Morgan fingerprint density at radius 1 is 1.17 bits per heavy atom. The second-order valence-electron chi connectivity index (χ2n) is 6.49. The van der Waals surface area contributed by atoms with Crippen molar-refractivity contribution >= 4 is 22.1 Å². The molecule has 3 amide bonds. The monoisotopic (exact) mass is 352 g/mol. The smallest absolute Gasteiger partial charge is 0.322 e. The van der Waals surface area contributed by atoms with Crippen molar-refractivity contribution in [3.05, 3.63) is 29.8 Å². The Labute approximate surface area is 140 Å². The van der Waals surface area contributed by atoms with Crippen LogP contribution in [0.15, 0.2) is 29.2 Å². The maximum Gasteiger partial charge on any atom is 0.322 e. The SMILES string of the molecule is Cc1ccc(S(=O)(=O)OCC2CCC3(CC2)NC(=O)NC3=O)cc1. The Morgan fingerprint density at radius 3 is 2.33 bits per heavy atom. The van der Waals surface area contributed by atoms with Crippen LogP contribution in [0.4, 0.5) is 4.79 Å². The first-order chi connectivity index (χ1) is 11.3. The molecule has 1 spiro atoms. The van der Waals surface area contributed by atoms with Gasteiger partial charge in [0.25, 0.3) is 16.0 Å². The van der Waals surface area contributed by atoms with Gasteiger partial charge in [-0.05, 0) is 50.7 Å². The van der Waals surface area contributed by atoms with Crippen LogP contribution >= 0.6 is 0 Å². The molecule has 0 unspecified atom stereocenters. The zero-order valence-corrected chi connectivity index (χ0v) is 14.2. The number of rotatable bonds is 4. The fraction of sp³-hybridized carbons (Fsp3) is 0.500. The topological polar surface area (TPSA) is 102 Å². The lowest BCUT2D eigenvalue weighted by molar-refractivity contribution is -0.125. The molecule has 1 heterocycles. The average Bonchev–Trinajstić information content (AvgIpc) is 2.81. The van der Waals surface area contributed by atoms with Crippen molar-refractivity contribution in [1.82, 2.24) is 10.6 Å². The molecule has 2 N–H and O–H groups in total. The third-order valence-electron chi connectivity index (χ3n) is 4.74. The standard InChI is InChI=1S/C16H20N2O5S/c1-11-2-4-13(5-3-11)24(21,22)23-10-12-6-8-16(9-7-12)14(19)17-15(20)18-16/h2-5,12H,6-10H2,1H3,(H2,17,18,19,20). The Morgan fingerprint density at radius 2 is 1.79 bits per heavy atom. The summed E-state index contributed by atoms with van der Waals surface area (Å²) in [5.74, 6) is -0.250. The fourth-order valence-electron chi connectivity index (χ4n) is 3.18. The highest BCUT2D eigenvalue weighted by atomic mass is 32.2. The molecular weight excluding hydrogens is 332 g/mol. The van der Waals surface area contributed by atoms with Gasteiger partial charge in [0.15, 0.2) is 0 Å². The van der Waals surface area contributed by atoms with Crippen molar-refractivity contribution in [1.29, 1.82) is 0 Å². The lowest BCUT2D eigenvalue weighted by Crippen LogP contribution is -2.49. The molecule has 7 nitrogen and oxygen atoms in total. The van der Waals surface area contributed by atoms with Crippen LogP contribution in [0.1, 0.15) is 31.2 Å². The highest BCUT2D eigenvalue weighted by molar-refractivity contribution is 7.86. The van der Waals surface area contributed by atoms with Crippen molar-refractivity contribution in [2.45, 2.75) is 43.0 Å². The van der Waals surface area contributed by atoms with Gasteiger partial charge in [-0.15, -0.1) is 0 Å². The molecule has 1 saturated heterocycles. The number of hydrogen-bond acceptors (Lipinski definition) is 5. The van der Waals surface area contributed by atoms with E-state index in [9.17, 15) is 18.0 Å². The number of hydrogen-bond donors (Lipinski definition) is 2. The van der Waals surface area contributed by atoms with Gasteiger partial charge in [0.05, 0.1) is 11.5 Å². The number of nitrogens with one attached hydrogen (secondary N) is 2. The summed E-state index contributed by atoms with van der Waals surface area (Å²) < 4.78 is 29.6. The normalized spacial score (nSPS) is 27.1. The second kappa shape index (κ2) is 6.18. The van der Waals surface area contributed by atoms with E-state index < -0.39 is 21.7 Å². The number of urea groups is 1. The molecular formula is C16H20N2O5S.